The van der Waals surface area contributed by atoms with E-state index >= 15 is 0 Å². The van der Waals surface area contributed by atoms with E-state index in [-0.39, 0.29) is 11.5 Å². The number of carbonyl (C=O) groups excluding carboxylic acids is 1. The van der Waals surface area contributed by atoms with Gasteiger partial charge in [-0.1, -0.05) is 12.1 Å². The number of hydrogen-bond acceptors (Lipinski definition) is 3. The Balaban J connectivity index is 1.98. The molecule has 1 amide bonds. The van der Waals surface area contributed by atoms with E-state index in [1.165, 1.54) is 0 Å². The number of benzene rings is 1. The van der Waals surface area contributed by atoms with Gasteiger partial charge in [0.1, 0.15) is 0 Å². The number of carboxylic acid groups (broad SMARTS) is 1. The Morgan fingerprint density at radius 2 is 2.05 bits per heavy atom. The van der Waals surface area contributed by atoms with E-state index in [9.17, 15) is 9.59 Å². The number of carboxylic acids is 1. The summed E-state index contributed by atoms with van der Waals surface area (Å²) in [5.41, 5.74) is 3.25. The van der Waals surface area contributed by atoms with Gasteiger partial charge in [0.05, 0.1) is 16.8 Å². The highest BCUT2D eigenvalue weighted by molar-refractivity contribution is 5.96. The second kappa shape index (κ2) is 6.43. The Morgan fingerprint density at radius 1 is 1.32 bits per heavy atom. The van der Waals surface area contributed by atoms with Crippen molar-refractivity contribution in [2.75, 3.05) is 6.54 Å². The van der Waals surface area contributed by atoms with Gasteiger partial charge >= 0.3 is 5.97 Å². The van der Waals surface area contributed by atoms with Gasteiger partial charge in [0.25, 0.3) is 5.91 Å². The molecule has 6 heteroatoms. The van der Waals surface area contributed by atoms with Crippen LogP contribution in [-0.4, -0.2) is 33.3 Å². The van der Waals surface area contributed by atoms with Crippen molar-refractivity contribution in [2.45, 2.75) is 20.3 Å². The number of aromatic carboxylic acids is 1. The molecule has 0 fully saturated rings. The number of nitrogens with zero attached hydrogens (tertiary/aromatic N) is 2. The largest absolute Gasteiger partial charge is 0.478 e. The molecule has 0 saturated heterocycles. The van der Waals surface area contributed by atoms with E-state index < -0.39 is 5.97 Å². The van der Waals surface area contributed by atoms with Crippen molar-refractivity contribution in [1.29, 1.82) is 0 Å². The molecule has 2 N–H and O–H groups in total. The average molecular weight is 301 g/mol. The number of hydrogen-bond donors (Lipinski definition) is 2. The number of aryl methyl sites for hydroxylation is 2. The lowest BCUT2D eigenvalue weighted by Crippen LogP contribution is -2.26. The van der Waals surface area contributed by atoms with Crippen LogP contribution in [0.25, 0.3) is 0 Å². The molecule has 0 radical (unpaired) electrons. The maximum atomic E-state index is 12.2. The normalized spacial score (nSPS) is 10.5. The molecule has 0 saturated carbocycles. The van der Waals surface area contributed by atoms with E-state index in [1.807, 2.05) is 13.0 Å². The van der Waals surface area contributed by atoms with Crippen LogP contribution in [0.4, 0.5) is 0 Å². The third-order valence-corrected chi connectivity index (χ3v) is 3.61. The molecular weight excluding hydrogens is 282 g/mol. The van der Waals surface area contributed by atoms with Crippen molar-refractivity contribution in [3.63, 3.8) is 0 Å². The average Bonchev–Trinajstić information content (AvgIpc) is 2.72. The summed E-state index contributed by atoms with van der Waals surface area (Å²) in [5.74, 6) is -1.11. The monoisotopic (exact) mass is 301 g/mol. The van der Waals surface area contributed by atoms with Gasteiger partial charge in [0.2, 0.25) is 0 Å². The second-order valence-corrected chi connectivity index (χ2v) is 5.18. The zero-order valence-electron chi connectivity index (χ0n) is 12.9. The maximum Gasteiger partial charge on any atom is 0.335 e. The summed E-state index contributed by atoms with van der Waals surface area (Å²) in [4.78, 5) is 23.1. The van der Waals surface area contributed by atoms with Crippen molar-refractivity contribution in [3.05, 3.63) is 52.3 Å². The van der Waals surface area contributed by atoms with Gasteiger partial charge in [0, 0.05) is 19.3 Å². The topological polar surface area (TPSA) is 84.2 Å². The molecule has 1 aromatic carbocycles. The molecule has 0 spiro atoms. The van der Waals surface area contributed by atoms with E-state index in [0.29, 0.717) is 24.2 Å². The van der Waals surface area contributed by atoms with E-state index in [0.717, 1.165) is 11.3 Å². The minimum absolute atomic E-state index is 0.155. The van der Waals surface area contributed by atoms with Crippen LogP contribution in [0.2, 0.25) is 0 Å². The third-order valence-electron chi connectivity index (χ3n) is 3.61. The molecule has 0 aliphatic rings. The molecule has 1 heterocycles. The molecule has 0 atom stereocenters. The molecule has 0 unspecified atom stereocenters. The van der Waals surface area contributed by atoms with Crippen molar-refractivity contribution in [1.82, 2.24) is 15.1 Å². The molecule has 2 rings (SSSR count). The van der Waals surface area contributed by atoms with E-state index in [1.54, 1.807) is 36.9 Å². The Bertz CT molecular complexity index is 719. The first-order chi connectivity index (χ1) is 10.4. The van der Waals surface area contributed by atoms with E-state index in [4.69, 9.17) is 5.11 Å². The molecule has 0 aliphatic heterocycles. The second-order valence-electron chi connectivity index (χ2n) is 5.18. The van der Waals surface area contributed by atoms with Crippen molar-refractivity contribution in [3.8, 4) is 0 Å². The standard InChI is InChI=1S/C16H19N3O3/c1-10-14(11(2)19(3)18-10)15(20)17-8-7-12-5-4-6-13(9-12)16(21)22/h4-6,9H,7-8H2,1-3H3,(H,17,20)(H,21,22). The Morgan fingerprint density at radius 3 is 2.64 bits per heavy atom. The van der Waals surface area contributed by atoms with Gasteiger partial charge < -0.3 is 10.4 Å². The fourth-order valence-corrected chi connectivity index (χ4v) is 2.37. The van der Waals surface area contributed by atoms with Crippen molar-refractivity contribution < 1.29 is 14.7 Å². The zero-order chi connectivity index (χ0) is 16.3. The fourth-order valence-electron chi connectivity index (χ4n) is 2.37. The quantitative estimate of drug-likeness (QED) is 0.880. The smallest absolute Gasteiger partial charge is 0.335 e. The first kappa shape index (κ1) is 15.8. The van der Waals surface area contributed by atoms with Gasteiger partial charge in [-0.05, 0) is 38.0 Å². The molecule has 1 aromatic heterocycles. The molecule has 2 aromatic rings. The van der Waals surface area contributed by atoms with Crippen molar-refractivity contribution in [2.24, 2.45) is 7.05 Å². The Hall–Kier alpha value is -2.63. The van der Waals surface area contributed by atoms with Crippen LogP contribution in [0.5, 0.6) is 0 Å². The minimum Gasteiger partial charge on any atom is -0.478 e. The van der Waals surface area contributed by atoms with E-state index in [2.05, 4.69) is 10.4 Å². The first-order valence-electron chi connectivity index (χ1n) is 7.00. The molecule has 0 bridgehead atoms. The van der Waals surface area contributed by atoms with Gasteiger partial charge in [-0.25, -0.2) is 4.79 Å². The first-order valence-corrected chi connectivity index (χ1v) is 7.00. The van der Waals surface area contributed by atoms with Gasteiger partial charge in [-0.2, -0.15) is 5.10 Å². The predicted molar refractivity (Wildman–Crippen MR) is 82.1 cm³/mol. The third kappa shape index (κ3) is 3.33. The molecule has 22 heavy (non-hydrogen) atoms. The molecule has 116 valence electrons. The summed E-state index contributed by atoms with van der Waals surface area (Å²) < 4.78 is 1.68. The van der Waals surface area contributed by atoms with Crippen LogP contribution in [0.1, 0.15) is 37.7 Å². The summed E-state index contributed by atoms with van der Waals surface area (Å²) in [6, 6.07) is 6.72. The van der Waals surface area contributed by atoms with Crippen LogP contribution in [0.3, 0.4) is 0 Å². The summed E-state index contributed by atoms with van der Waals surface area (Å²) in [7, 11) is 1.80. The highest BCUT2D eigenvalue weighted by atomic mass is 16.4. The maximum absolute atomic E-state index is 12.2. The van der Waals surface area contributed by atoms with Gasteiger partial charge in [0.15, 0.2) is 0 Å². The van der Waals surface area contributed by atoms with Gasteiger partial charge in [-0.15, -0.1) is 0 Å². The van der Waals surface area contributed by atoms with Crippen LogP contribution in [-0.2, 0) is 13.5 Å². The minimum atomic E-state index is -0.951. The van der Waals surface area contributed by atoms with Crippen LogP contribution in [0, 0.1) is 13.8 Å². The van der Waals surface area contributed by atoms with Crippen LogP contribution >= 0.6 is 0 Å². The lowest BCUT2D eigenvalue weighted by atomic mass is 10.1. The Kier molecular flexibility index (Phi) is 4.60. The summed E-state index contributed by atoms with van der Waals surface area (Å²) in [6.07, 6.45) is 0.575. The van der Waals surface area contributed by atoms with Gasteiger partial charge in [-0.3, -0.25) is 9.48 Å². The van der Waals surface area contributed by atoms with Crippen LogP contribution < -0.4 is 5.32 Å². The highest BCUT2D eigenvalue weighted by Crippen LogP contribution is 2.11. The summed E-state index contributed by atoms with van der Waals surface area (Å²) in [5, 5.41) is 16.0. The van der Waals surface area contributed by atoms with Crippen LogP contribution in [0.15, 0.2) is 24.3 Å². The predicted octanol–water partition coefficient (Wildman–Crippen LogP) is 1.71. The summed E-state index contributed by atoms with van der Waals surface area (Å²) in [6.45, 7) is 4.10. The summed E-state index contributed by atoms with van der Waals surface area (Å²) >= 11 is 0. The van der Waals surface area contributed by atoms with Crippen molar-refractivity contribution >= 4 is 11.9 Å². The fraction of sp³-hybridized carbons (Fsp3) is 0.312. The number of nitrogens with one attached hydrogen (secondary N) is 1. The number of aromatic nitrogens is 2. The number of carbonyl (C=O) groups is 2. The lowest BCUT2D eigenvalue weighted by Gasteiger charge is -2.06. The molecule has 6 nitrogen and oxygen atoms in total. The zero-order valence-corrected chi connectivity index (χ0v) is 12.9. The SMILES string of the molecule is Cc1nn(C)c(C)c1C(=O)NCCc1cccc(C(=O)O)c1. The lowest BCUT2D eigenvalue weighted by molar-refractivity contribution is 0.0696. The molecular formula is C16H19N3O3. The Labute approximate surface area is 128 Å². The number of rotatable bonds is 5. The number of amides is 1. The molecule has 0 aliphatic carbocycles. The highest BCUT2D eigenvalue weighted by Gasteiger charge is 2.16.